The second-order valence-electron chi connectivity index (χ2n) is 11.0. The van der Waals surface area contributed by atoms with Gasteiger partial charge < -0.3 is 0 Å². The van der Waals surface area contributed by atoms with Gasteiger partial charge in [-0.2, -0.15) is 0 Å². The molecule has 3 aliphatic rings. The molecule has 0 bridgehead atoms. The molecule has 0 aliphatic heterocycles. The molecule has 2 fully saturated rings. The summed E-state index contributed by atoms with van der Waals surface area (Å²) < 4.78 is 0. The Hall–Kier alpha value is -2.02. The molecule has 2 saturated carbocycles. The van der Waals surface area contributed by atoms with Crippen LogP contribution in [-0.4, -0.2) is 7.28 Å². The van der Waals surface area contributed by atoms with Crippen molar-refractivity contribution in [2.75, 3.05) is 0 Å². The molecule has 2 unspecified atom stereocenters. The van der Waals surface area contributed by atoms with Crippen LogP contribution in [0.15, 0.2) is 96.2 Å². The van der Waals surface area contributed by atoms with Crippen molar-refractivity contribution in [3.63, 3.8) is 0 Å². The van der Waals surface area contributed by atoms with Gasteiger partial charge in [0.15, 0.2) is 0 Å². The van der Waals surface area contributed by atoms with E-state index < -0.39 is 0 Å². The van der Waals surface area contributed by atoms with Crippen LogP contribution in [0.1, 0.15) is 72.1 Å². The van der Waals surface area contributed by atoms with Gasteiger partial charge in [0.25, 0.3) is 0 Å². The van der Waals surface area contributed by atoms with Gasteiger partial charge in [0, 0.05) is 5.92 Å². The van der Waals surface area contributed by atoms with E-state index in [-0.39, 0.29) is 5.92 Å². The van der Waals surface area contributed by atoms with Gasteiger partial charge in [0.05, 0.1) is 0 Å². The third-order valence-electron chi connectivity index (χ3n) is 8.25. The summed E-state index contributed by atoms with van der Waals surface area (Å²) in [6.45, 7) is 18.4. The first-order valence-electron chi connectivity index (χ1n) is 13.0. The molecule has 0 spiro atoms. The second kappa shape index (κ2) is 11.4. The van der Waals surface area contributed by atoms with Crippen LogP contribution in [0.25, 0.3) is 0 Å². The summed E-state index contributed by atoms with van der Waals surface area (Å²) in [5.41, 5.74) is 5.86. The third kappa shape index (κ3) is 6.98. The van der Waals surface area contributed by atoms with Crippen LogP contribution in [0.3, 0.4) is 0 Å². The lowest BCUT2D eigenvalue weighted by Gasteiger charge is -2.36. The van der Waals surface area contributed by atoms with Crippen LogP contribution in [0, 0.1) is 17.3 Å². The van der Waals surface area contributed by atoms with Gasteiger partial charge in [-0.25, -0.2) is 0 Å². The van der Waals surface area contributed by atoms with Crippen molar-refractivity contribution in [2.45, 2.75) is 84.3 Å². The van der Waals surface area contributed by atoms with E-state index in [1.807, 2.05) is 0 Å². The topological polar surface area (TPSA) is 0 Å². The molecule has 2 atom stereocenters. The van der Waals surface area contributed by atoms with Crippen molar-refractivity contribution in [2.24, 2.45) is 17.3 Å². The fourth-order valence-electron chi connectivity index (χ4n) is 5.82. The first kappa shape index (κ1) is 25.6. The van der Waals surface area contributed by atoms with E-state index in [0.29, 0.717) is 16.6 Å². The molecule has 3 aliphatic carbocycles. The first-order valence-corrected chi connectivity index (χ1v) is 13.0. The van der Waals surface area contributed by atoms with Crippen molar-refractivity contribution in [3.8, 4) is 0 Å². The number of allylic oxidation sites excluding steroid dienone is 14. The highest BCUT2D eigenvalue weighted by molar-refractivity contribution is 6.41. The Kier molecular flexibility index (Phi) is 8.85. The standard InChI is InChI=1S/C32H44B/c1-7-27(22-29-24-32(29,5)33-6)21-28(23-31(4)19-15-16-20-31)30-25(2)17-13-11-9-8-10-12-14-18-26(30)3/h7,9-14,17-18,22,28,30H,2-3,8,15-16,19-21,23-24H2,1,4-6H3/b11-9-,12-10-,17-13-,18-14-,27-7-,29-22-. The third-order valence-corrected chi connectivity index (χ3v) is 8.25. The van der Waals surface area contributed by atoms with Crippen LogP contribution in [0.2, 0.25) is 12.1 Å². The van der Waals surface area contributed by atoms with Crippen LogP contribution < -0.4 is 0 Å². The van der Waals surface area contributed by atoms with E-state index in [1.165, 1.54) is 55.2 Å². The van der Waals surface area contributed by atoms with Gasteiger partial charge in [-0.05, 0) is 73.2 Å². The quantitative estimate of drug-likeness (QED) is 0.346. The predicted molar refractivity (Wildman–Crippen MR) is 149 cm³/mol. The summed E-state index contributed by atoms with van der Waals surface area (Å²) in [5.74, 6) is 0.754. The van der Waals surface area contributed by atoms with Crippen LogP contribution in [0.4, 0.5) is 0 Å². The maximum atomic E-state index is 4.56. The highest BCUT2D eigenvalue weighted by Gasteiger charge is 2.42. The van der Waals surface area contributed by atoms with Gasteiger partial charge >= 0.3 is 0 Å². The molecule has 0 amide bonds. The van der Waals surface area contributed by atoms with Crippen molar-refractivity contribution in [1.82, 2.24) is 0 Å². The van der Waals surface area contributed by atoms with E-state index in [1.54, 1.807) is 5.57 Å². The summed E-state index contributed by atoms with van der Waals surface area (Å²) in [6.07, 6.45) is 32.2. The minimum atomic E-state index is 0.257. The highest BCUT2D eigenvalue weighted by atomic mass is 14.4. The Morgan fingerprint density at radius 2 is 1.67 bits per heavy atom. The largest absolute Gasteiger partial charge is 0.120 e. The molecule has 0 aromatic carbocycles. The summed E-state index contributed by atoms with van der Waals surface area (Å²) in [4.78, 5) is 0. The fourth-order valence-corrected chi connectivity index (χ4v) is 5.82. The number of hydrogen-bond acceptors (Lipinski definition) is 0. The molecule has 0 heterocycles. The molecule has 0 aromatic rings. The molecule has 1 heteroatoms. The van der Waals surface area contributed by atoms with Crippen molar-refractivity contribution >= 4 is 7.28 Å². The zero-order valence-electron chi connectivity index (χ0n) is 21.6. The summed E-state index contributed by atoms with van der Waals surface area (Å²) >= 11 is 0. The Morgan fingerprint density at radius 1 is 1.06 bits per heavy atom. The Morgan fingerprint density at radius 3 is 2.18 bits per heavy atom. The summed E-state index contributed by atoms with van der Waals surface area (Å²) in [5, 5.41) is 0.311. The maximum Gasteiger partial charge on any atom is 0.120 e. The highest BCUT2D eigenvalue weighted by Crippen LogP contribution is 2.59. The van der Waals surface area contributed by atoms with Crippen LogP contribution >= 0.6 is 0 Å². The molecule has 0 N–H and O–H groups in total. The van der Waals surface area contributed by atoms with Crippen molar-refractivity contribution in [1.29, 1.82) is 0 Å². The van der Waals surface area contributed by atoms with Gasteiger partial charge in [0.2, 0.25) is 0 Å². The molecular formula is C32H44B. The van der Waals surface area contributed by atoms with Gasteiger partial charge in [-0.15, -0.1) is 0 Å². The summed E-state index contributed by atoms with van der Waals surface area (Å²) in [7, 11) is 2.36. The molecule has 1 radical (unpaired) electrons. The monoisotopic (exact) mass is 439 g/mol. The smallest absolute Gasteiger partial charge is 0.0952 e. The minimum Gasteiger partial charge on any atom is -0.0952 e. The summed E-state index contributed by atoms with van der Waals surface area (Å²) in [6, 6.07) is 0. The molecule has 175 valence electrons. The van der Waals surface area contributed by atoms with Gasteiger partial charge in [0.1, 0.15) is 7.28 Å². The zero-order valence-corrected chi connectivity index (χ0v) is 21.6. The van der Waals surface area contributed by atoms with E-state index in [4.69, 9.17) is 0 Å². The minimum absolute atomic E-state index is 0.257. The maximum absolute atomic E-state index is 4.56. The van der Waals surface area contributed by atoms with Crippen molar-refractivity contribution in [3.05, 3.63) is 96.2 Å². The predicted octanol–water partition coefficient (Wildman–Crippen LogP) is 9.53. The molecule has 33 heavy (non-hydrogen) atoms. The van der Waals surface area contributed by atoms with E-state index in [2.05, 4.69) is 109 Å². The van der Waals surface area contributed by atoms with E-state index in [0.717, 1.165) is 12.8 Å². The van der Waals surface area contributed by atoms with E-state index >= 15 is 0 Å². The normalized spacial score (nSPS) is 32.0. The Labute approximate surface area is 205 Å². The number of rotatable bonds is 7. The SMILES string of the molecule is C=C1/C=C\C=C/C/C=C\C=C/C(=C)C1C(CC(=C/C)/C=C1/CC1(C)[B]C)CC1(C)CCCC1. The average Bonchev–Trinajstić information content (AvgIpc) is 3.22. The van der Waals surface area contributed by atoms with Crippen molar-refractivity contribution < 1.29 is 0 Å². The molecule has 3 rings (SSSR count). The molecule has 0 nitrogen and oxygen atoms in total. The first-order chi connectivity index (χ1) is 15.8. The van der Waals surface area contributed by atoms with Crippen LogP contribution in [-0.2, 0) is 0 Å². The second-order valence-corrected chi connectivity index (χ2v) is 11.0. The Balaban J connectivity index is 1.93. The lowest BCUT2D eigenvalue weighted by atomic mass is 9.64. The van der Waals surface area contributed by atoms with E-state index in [9.17, 15) is 0 Å². The number of hydrogen-bond donors (Lipinski definition) is 0. The molecule has 0 saturated heterocycles. The van der Waals surface area contributed by atoms with Gasteiger partial charge in [-0.1, -0.05) is 119 Å². The zero-order chi connectivity index (χ0) is 23.9. The lowest BCUT2D eigenvalue weighted by molar-refractivity contribution is 0.222. The van der Waals surface area contributed by atoms with Gasteiger partial charge in [-0.3, -0.25) is 0 Å². The molecule has 0 aromatic heterocycles. The Bertz CT molecular complexity index is 863. The molecular weight excluding hydrogens is 395 g/mol. The van der Waals surface area contributed by atoms with Crippen LogP contribution in [0.5, 0.6) is 0 Å². The lowest BCUT2D eigenvalue weighted by Crippen LogP contribution is -2.25. The average molecular weight is 440 g/mol. The fraction of sp³-hybridized carbons (Fsp3) is 0.500.